The Labute approximate surface area is 214 Å². The molecule has 0 amide bonds. The summed E-state index contributed by atoms with van der Waals surface area (Å²) in [7, 11) is 3.93. The van der Waals surface area contributed by atoms with E-state index in [9.17, 15) is 4.39 Å². The average molecular weight is 570 g/mol. The molecule has 1 aliphatic heterocycles. The van der Waals surface area contributed by atoms with Gasteiger partial charge in [-0.1, -0.05) is 36.4 Å². The fourth-order valence-electron chi connectivity index (χ4n) is 3.72. The van der Waals surface area contributed by atoms with Crippen molar-refractivity contribution >= 4 is 29.9 Å². The fraction of sp³-hybridized carbons (Fsp3) is 0.480. The van der Waals surface area contributed by atoms with Gasteiger partial charge >= 0.3 is 0 Å². The third-order valence-electron chi connectivity index (χ3n) is 5.65. The highest BCUT2D eigenvalue weighted by Gasteiger charge is 2.12. The van der Waals surface area contributed by atoms with E-state index >= 15 is 0 Å². The molecule has 6 nitrogen and oxygen atoms in total. The minimum atomic E-state index is -0.353. The van der Waals surface area contributed by atoms with Crippen molar-refractivity contribution in [2.45, 2.75) is 32.5 Å². The van der Waals surface area contributed by atoms with Crippen LogP contribution in [0.4, 0.5) is 4.39 Å². The predicted molar refractivity (Wildman–Crippen MR) is 144 cm³/mol. The Morgan fingerprint density at radius 1 is 1.03 bits per heavy atom. The van der Waals surface area contributed by atoms with Crippen molar-refractivity contribution in [3.05, 3.63) is 65.5 Å². The van der Waals surface area contributed by atoms with E-state index in [-0.39, 0.29) is 41.6 Å². The molecule has 0 bridgehead atoms. The van der Waals surface area contributed by atoms with Crippen molar-refractivity contribution < 1.29 is 9.13 Å². The Morgan fingerprint density at radius 2 is 1.76 bits per heavy atom. The van der Waals surface area contributed by atoms with Gasteiger partial charge in [0.05, 0.1) is 6.54 Å². The molecule has 2 N–H and O–H groups in total. The Kier molecular flexibility index (Phi) is 11.9. The molecule has 1 fully saturated rings. The van der Waals surface area contributed by atoms with Gasteiger partial charge in [0.15, 0.2) is 17.5 Å². The Bertz CT molecular complexity index is 864. The van der Waals surface area contributed by atoms with Gasteiger partial charge in [-0.3, -0.25) is 9.89 Å². The molecule has 1 heterocycles. The molecule has 33 heavy (non-hydrogen) atoms. The second-order valence-electron chi connectivity index (χ2n) is 8.42. The number of aliphatic imine (C=N–C) groups is 1. The van der Waals surface area contributed by atoms with Crippen LogP contribution in [0, 0.1) is 5.82 Å². The minimum Gasteiger partial charge on any atom is -0.486 e. The van der Waals surface area contributed by atoms with Crippen molar-refractivity contribution in [2.75, 3.05) is 46.8 Å². The van der Waals surface area contributed by atoms with Crippen molar-refractivity contribution in [2.24, 2.45) is 4.99 Å². The van der Waals surface area contributed by atoms with Crippen LogP contribution in [0.5, 0.6) is 5.75 Å². The molecule has 3 rings (SSSR count). The van der Waals surface area contributed by atoms with Gasteiger partial charge in [0.1, 0.15) is 6.10 Å². The van der Waals surface area contributed by atoms with Gasteiger partial charge in [0.2, 0.25) is 0 Å². The Hall–Kier alpha value is -1.91. The van der Waals surface area contributed by atoms with E-state index in [1.165, 1.54) is 30.2 Å². The third kappa shape index (κ3) is 9.46. The highest BCUT2D eigenvalue weighted by Crippen LogP contribution is 2.16. The van der Waals surface area contributed by atoms with Crippen LogP contribution in [0.25, 0.3) is 0 Å². The summed E-state index contributed by atoms with van der Waals surface area (Å²) in [6.07, 6.45) is 1.03. The maximum atomic E-state index is 13.7. The van der Waals surface area contributed by atoms with Crippen LogP contribution in [0.3, 0.4) is 0 Å². The van der Waals surface area contributed by atoms with E-state index in [2.05, 4.69) is 56.7 Å². The first-order valence-electron chi connectivity index (χ1n) is 11.4. The molecule has 0 aromatic heterocycles. The predicted octanol–water partition coefficient (Wildman–Crippen LogP) is 3.71. The van der Waals surface area contributed by atoms with Crippen LogP contribution in [0.15, 0.2) is 53.5 Å². The molecule has 2 aromatic rings. The van der Waals surface area contributed by atoms with E-state index in [1.807, 2.05) is 6.92 Å². The van der Waals surface area contributed by atoms with E-state index < -0.39 is 0 Å². The maximum absolute atomic E-state index is 13.7. The first kappa shape index (κ1) is 27.3. The Balaban J connectivity index is 0.00000385. The first-order chi connectivity index (χ1) is 15.5. The molecule has 0 aliphatic carbocycles. The number of guanidine groups is 1. The first-order valence-corrected chi connectivity index (χ1v) is 11.4. The molecule has 182 valence electrons. The van der Waals surface area contributed by atoms with Gasteiger partial charge in [-0.25, -0.2) is 4.39 Å². The second-order valence-corrected chi connectivity index (χ2v) is 8.42. The summed E-state index contributed by atoms with van der Waals surface area (Å²) in [5, 5.41) is 6.56. The van der Waals surface area contributed by atoms with Crippen LogP contribution < -0.4 is 15.4 Å². The number of para-hydroxylation sites is 1. The van der Waals surface area contributed by atoms with Crippen LogP contribution in [-0.4, -0.2) is 68.7 Å². The van der Waals surface area contributed by atoms with Gasteiger partial charge < -0.3 is 20.3 Å². The summed E-state index contributed by atoms with van der Waals surface area (Å²) in [6.45, 7) is 8.70. The lowest BCUT2D eigenvalue weighted by Crippen LogP contribution is -2.41. The molecule has 0 saturated carbocycles. The quantitative estimate of drug-likeness (QED) is 0.289. The summed E-state index contributed by atoms with van der Waals surface area (Å²) in [6, 6.07) is 15.2. The lowest BCUT2D eigenvalue weighted by Gasteiger charge is -2.20. The summed E-state index contributed by atoms with van der Waals surface area (Å²) in [4.78, 5) is 9.20. The SMILES string of the molecule is CN=C(NCc1ccc(CN2CCCN(C)CC2)cc1)NCC(C)Oc1ccccc1F.I. The number of hydrogen-bond donors (Lipinski definition) is 2. The van der Waals surface area contributed by atoms with Gasteiger partial charge in [-0.2, -0.15) is 0 Å². The standard InChI is InChI=1S/C25H36FN5O.HI/c1-20(32-24-8-5-4-7-23(24)26)17-28-25(27-2)29-18-21-9-11-22(12-10-21)19-31-14-6-13-30(3)15-16-31;/h4-5,7-12,20H,6,13-19H2,1-3H3,(H2,27,28,29);1H. The zero-order valence-electron chi connectivity index (χ0n) is 19.9. The smallest absolute Gasteiger partial charge is 0.191 e. The van der Waals surface area contributed by atoms with Crippen molar-refractivity contribution in [3.8, 4) is 5.75 Å². The molecular weight excluding hydrogens is 532 g/mol. The summed E-state index contributed by atoms with van der Waals surface area (Å²) in [5.41, 5.74) is 2.54. The van der Waals surface area contributed by atoms with E-state index in [4.69, 9.17) is 4.74 Å². The summed E-state index contributed by atoms with van der Waals surface area (Å²) < 4.78 is 19.4. The van der Waals surface area contributed by atoms with Gasteiger partial charge in [0, 0.05) is 33.2 Å². The highest BCUT2D eigenvalue weighted by molar-refractivity contribution is 14.0. The zero-order valence-corrected chi connectivity index (χ0v) is 22.2. The highest BCUT2D eigenvalue weighted by atomic mass is 127. The van der Waals surface area contributed by atoms with Crippen molar-refractivity contribution in [3.63, 3.8) is 0 Å². The molecule has 1 atom stereocenters. The molecule has 8 heteroatoms. The largest absolute Gasteiger partial charge is 0.486 e. The molecule has 1 unspecified atom stereocenters. The van der Waals surface area contributed by atoms with Crippen molar-refractivity contribution in [1.29, 1.82) is 0 Å². The number of ether oxygens (including phenoxy) is 1. The Morgan fingerprint density at radius 3 is 2.48 bits per heavy atom. The fourth-order valence-corrected chi connectivity index (χ4v) is 3.72. The van der Waals surface area contributed by atoms with Crippen molar-refractivity contribution in [1.82, 2.24) is 20.4 Å². The van der Waals surface area contributed by atoms with Gasteiger partial charge in [0.25, 0.3) is 0 Å². The second kappa shape index (κ2) is 14.4. The third-order valence-corrected chi connectivity index (χ3v) is 5.65. The normalized spacial score (nSPS) is 16.4. The summed E-state index contributed by atoms with van der Waals surface area (Å²) in [5.74, 6) is 0.595. The number of nitrogens with one attached hydrogen (secondary N) is 2. The number of likely N-dealkylation sites (N-methyl/N-ethyl adjacent to an activating group) is 1. The van der Waals surface area contributed by atoms with E-state index in [0.717, 1.165) is 26.2 Å². The van der Waals surface area contributed by atoms with E-state index in [0.29, 0.717) is 19.0 Å². The number of halogens is 2. The number of rotatable bonds is 8. The molecule has 0 spiro atoms. The topological polar surface area (TPSA) is 52.1 Å². The molecular formula is C25H37FIN5O. The lowest BCUT2D eigenvalue weighted by molar-refractivity contribution is 0.214. The monoisotopic (exact) mass is 569 g/mol. The van der Waals surface area contributed by atoms with Gasteiger partial charge in [-0.05, 0) is 56.7 Å². The lowest BCUT2D eigenvalue weighted by atomic mass is 10.1. The zero-order chi connectivity index (χ0) is 22.8. The number of nitrogens with zero attached hydrogens (tertiary/aromatic N) is 3. The molecule has 2 aromatic carbocycles. The van der Waals surface area contributed by atoms with Crippen LogP contribution in [0.2, 0.25) is 0 Å². The van der Waals surface area contributed by atoms with Crippen LogP contribution in [-0.2, 0) is 13.1 Å². The summed E-state index contributed by atoms with van der Waals surface area (Å²) >= 11 is 0. The molecule has 0 radical (unpaired) electrons. The van der Waals surface area contributed by atoms with Crippen LogP contribution >= 0.6 is 24.0 Å². The molecule has 1 aliphatic rings. The number of benzene rings is 2. The maximum Gasteiger partial charge on any atom is 0.191 e. The van der Waals surface area contributed by atoms with E-state index in [1.54, 1.807) is 25.2 Å². The minimum absolute atomic E-state index is 0. The van der Waals surface area contributed by atoms with Gasteiger partial charge in [-0.15, -0.1) is 24.0 Å². The molecule has 1 saturated heterocycles. The average Bonchev–Trinajstić information content (AvgIpc) is 3.00. The number of hydrogen-bond acceptors (Lipinski definition) is 4. The van der Waals surface area contributed by atoms with Crippen LogP contribution in [0.1, 0.15) is 24.5 Å².